The molecule has 16 heavy (non-hydrogen) atoms. The molecule has 5 nitrogen and oxygen atoms in total. The van der Waals surface area contributed by atoms with Gasteiger partial charge in [-0.05, 0) is 12.8 Å². The Balaban J connectivity index is 2.72. The molecule has 2 N–H and O–H groups in total. The average molecular weight is 228 g/mol. The molecule has 0 spiro atoms. The molecule has 1 heterocycles. The summed E-state index contributed by atoms with van der Waals surface area (Å²) in [7, 11) is 0. The van der Waals surface area contributed by atoms with E-state index >= 15 is 0 Å². The van der Waals surface area contributed by atoms with Crippen molar-refractivity contribution in [3.63, 3.8) is 0 Å². The van der Waals surface area contributed by atoms with E-state index in [9.17, 15) is 9.59 Å². The number of hydrogen-bond acceptors (Lipinski definition) is 3. The highest BCUT2D eigenvalue weighted by molar-refractivity contribution is 5.87. The molecule has 0 radical (unpaired) electrons. The number of rotatable bonds is 4. The van der Waals surface area contributed by atoms with Crippen LogP contribution in [0.5, 0.6) is 0 Å². The van der Waals surface area contributed by atoms with Gasteiger partial charge in [-0.2, -0.15) is 0 Å². The summed E-state index contributed by atoms with van der Waals surface area (Å²) in [6, 6.07) is -0.424. The molecule has 1 fully saturated rings. The lowest BCUT2D eigenvalue weighted by molar-refractivity contribution is -0.144. The molecule has 0 aromatic heterocycles. The van der Waals surface area contributed by atoms with E-state index in [1.54, 1.807) is 0 Å². The van der Waals surface area contributed by atoms with Crippen LogP contribution in [-0.4, -0.2) is 47.1 Å². The largest absolute Gasteiger partial charge is 0.481 e. The van der Waals surface area contributed by atoms with Gasteiger partial charge in [0.25, 0.3) is 0 Å². The number of carboxylic acids is 1. The van der Waals surface area contributed by atoms with Crippen molar-refractivity contribution in [1.82, 2.24) is 10.2 Å². The number of amides is 1. The third-order valence-corrected chi connectivity index (χ3v) is 2.61. The SMILES string of the molecule is CC(C)CN1CC(C)NC(=O)C1CC(=O)O. The first-order valence-electron chi connectivity index (χ1n) is 5.66. The maximum Gasteiger partial charge on any atom is 0.305 e. The van der Waals surface area contributed by atoms with Gasteiger partial charge in [0.05, 0.1) is 12.5 Å². The van der Waals surface area contributed by atoms with Crippen LogP contribution >= 0.6 is 0 Å². The molecule has 1 rings (SSSR count). The Hall–Kier alpha value is -1.10. The van der Waals surface area contributed by atoms with Gasteiger partial charge in [0, 0.05) is 19.1 Å². The summed E-state index contributed by atoms with van der Waals surface area (Å²) in [5.41, 5.74) is 0. The summed E-state index contributed by atoms with van der Waals surface area (Å²) in [6.07, 6.45) is -0.120. The molecular weight excluding hydrogens is 208 g/mol. The van der Waals surface area contributed by atoms with Crippen molar-refractivity contribution >= 4 is 11.9 Å². The van der Waals surface area contributed by atoms with E-state index in [1.165, 1.54) is 0 Å². The first kappa shape index (κ1) is 13.0. The molecular formula is C11H20N2O3. The quantitative estimate of drug-likeness (QED) is 0.726. The van der Waals surface area contributed by atoms with E-state index < -0.39 is 12.0 Å². The van der Waals surface area contributed by atoms with Crippen LogP contribution < -0.4 is 5.32 Å². The van der Waals surface area contributed by atoms with Gasteiger partial charge in [0.2, 0.25) is 5.91 Å². The van der Waals surface area contributed by atoms with E-state index in [0.29, 0.717) is 5.92 Å². The van der Waals surface area contributed by atoms with Crippen LogP contribution in [-0.2, 0) is 9.59 Å². The topological polar surface area (TPSA) is 69.6 Å². The Kier molecular flexibility index (Phi) is 4.29. The second kappa shape index (κ2) is 5.30. The van der Waals surface area contributed by atoms with Crippen molar-refractivity contribution in [2.75, 3.05) is 13.1 Å². The molecule has 1 aliphatic rings. The van der Waals surface area contributed by atoms with E-state index in [1.807, 2.05) is 11.8 Å². The third kappa shape index (κ3) is 3.48. The highest BCUT2D eigenvalue weighted by atomic mass is 16.4. The summed E-state index contributed by atoms with van der Waals surface area (Å²) in [5, 5.41) is 11.6. The molecule has 5 heteroatoms. The zero-order chi connectivity index (χ0) is 12.3. The normalized spacial score (nSPS) is 26.9. The number of aliphatic carboxylic acids is 1. The predicted molar refractivity (Wildman–Crippen MR) is 60.1 cm³/mol. The molecule has 1 saturated heterocycles. The standard InChI is InChI=1S/C11H20N2O3/c1-7(2)5-13-6-8(3)12-11(16)9(13)4-10(14)15/h7-9H,4-6H2,1-3H3,(H,12,16)(H,14,15). The van der Waals surface area contributed by atoms with Crippen LogP contribution in [0, 0.1) is 5.92 Å². The van der Waals surface area contributed by atoms with Crippen molar-refractivity contribution in [3.8, 4) is 0 Å². The number of piperazine rings is 1. The Morgan fingerprint density at radius 2 is 2.25 bits per heavy atom. The lowest BCUT2D eigenvalue weighted by Gasteiger charge is -2.38. The Morgan fingerprint density at radius 3 is 2.75 bits per heavy atom. The minimum absolute atomic E-state index is 0.0938. The van der Waals surface area contributed by atoms with Crippen LogP contribution in [0.25, 0.3) is 0 Å². The van der Waals surface area contributed by atoms with Crippen molar-refractivity contribution in [2.24, 2.45) is 5.92 Å². The van der Waals surface area contributed by atoms with Crippen molar-refractivity contribution in [2.45, 2.75) is 39.3 Å². The van der Waals surface area contributed by atoms with Crippen molar-refractivity contribution in [3.05, 3.63) is 0 Å². The molecule has 0 aromatic rings. The van der Waals surface area contributed by atoms with Crippen LogP contribution in [0.4, 0.5) is 0 Å². The second-order valence-corrected chi connectivity index (χ2v) is 4.87. The Morgan fingerprint density at radius 1 is 1.62 bits per heavy atom. The maximum atomic E-state index is 11.7. The number of hydrogen-bond donors (Lipinski definition) is 2. The zero-order valence-electron chi connectivity index (χ0n) is 10.1. The number of nitrogens with zero attached hydrogens (tertiary/aromatic N) is 1. The molecule has 2 atom stereocenters. The molecule has 1 aliphatic heterocycles. The summed E-state index contributed by atoms with van der Waals surface area (Å²) in [6.45, 7) is 7.55. The number of carboxylic acid groups (broad SMARTS) is 1. The first-order valence-corrected chi connectivity index (χ1v) is 5.66. The minimum atomic E-state index is -0.927. The molecule has 92 valence electrons. The van der Waals surface area contributed by atoms with E-state index in [4.69, 9.17) is 5.11 Å². The fourth-order valence-corrected chi connectivity index (χ4v) is 2.09. The van der Waals surface area contributed by atoms with Gasteiger partial charge < -0.3 is 10.4 Å². The molecule has 2 unspecified atom stereocenters. The van der Waals surface area contributed by atoms with E-state index in [-0.39, 0.29) is 18.4 Å². The molecule has 0 aliphatic carbocycles. The first-order chi connectivity index (χ1) is 7.40. The van der Waals surface area contributed by atoms with Crippen molar-refractivity contribution in [1.29, 1.82) is 0 Å². The molecule has 0 bridgehead atoms. The van der Waals surface area contributed by atoms with Gasteiger partial charge in [-0.3, -0.25) is 14.5 Å². The highest BCUT2D eigenvalue weighted by Crippen LogP contribution is 2.14. The van der Waals surface area contributed by atoms with Gasteiger partial charge in [-0.15, -0.1) is 0 Å². The fraction of sp³-hybridized carbons (Fsp3) is 0.818. The van der Waals surface area contributed by atoms with Crippen LogP contribution in [0.2, 0.25) is 0 Å². The van der Waals surface area contributed by atoms with Crippen LogP contribution in [0.1, 0.15) is 27.2 Å². The minimum Gasteiger partial charge on any atom is -0.481 e. The lowest BCUT2D eigenvalue weighted by atomic mass is 10.0. The molecule has 0 aromatic carbocycles. The smallest absolute Gasteiger partial charge is 0.305 e. The third-order valence-electron chi connectivity index (χ3n) is 2.61. The predicted octanol–water partition coefficient (Wildman–Crippen LogP) is 0.306. The average Bonchev–Trinajstić information content (AvgIpc) is 2.09. The van der Waals surface area contributed by atoms with Gasteiger partial charge in [0.15, 0.2) is 0 Å². The zero-order valence-corrected chi connectivity index (χ0v) is 10.1. The van der Waals surface area contributed by atoms with E-state index in [0.717, 1.165) is 13.1 Å². The Labute approximate surface area is 95.8 Å². The number of carbonyl (C=O) groups excluding carboxylic acids is 1. The summed E-state index contributed by atoms with van der Waals surface area (Å²) < 4.78 is 0. The number of nitrogens with one attached hydrogen (secondary N) is 1. The summed E-state index contributed by atoms with van der Waals surface area (Å²) >= 11 is 0. The summed E-state index contributed by atoms with van der Waals surface area (Å²) in [4.78, 5) is 24.4. The fourth-order valence-electron chi connectivity index (χ4n) is 2.09. The van der Waals surface area contributed by atoms with Crippen LogP contribution in [0.3, 0.4) is 0 Å². The van der Waals surface area contributed by atoms with Crippen LogP contribution in [0.15, 0.2) is 0 Å². The van der Waals surface area contributed by atoms with Gasteiger partial charge in [-0.25, -0.2) is 0 Å². The van der Waals surface area contributed by atoms with Crippen molar-refractivity contribution < 1.29 is 14.7 Å². The van der Waals surface area contributed by atoms with Gasteiger partial charge in [0.1, 0.15) is 0 Å². The number of carbonyl (C=O) groups is 2. The molecule has 1 amide bonds. The second-order valence-electron chi connectivity index (χ2n) is 4.87. The van der Waals surface area contributed by atoms with E-state index in [2.05, 4.69) is 19.2 Å². The maximum absolute atomic E-state index is 11.7. The monoisotopic (exact) mass is 228 g/mol. The van der Waals surface area contributed by atoms with Gasteiger partial charge >= 0.3 is 5.97 Å². The lowest BCUT2D eigenvalue weighted by Crippen LogP contribution is -2.60. The molecule has 0 saturated carbocycles. The highest BCUT2D eigenvalue weighted by Gasteiger charge is 2.34. The Bertz CT molecular complexity index is 276. The van der Waals surface area contributed by atoms with Gasteiger partial charge in [-0.1, -0.05) is 13.8 Å². The summed E-state index contributed by atoms with van der Waals surface area (Å²) in [5.74, 6) is -0.667.